The van der Waals surface area contributed by atoms with Gasteiger partial charge in [-0.3, -0.25) is 9.10 Å². The number of hydrogen-bond acceptors (Lipinski definition) is 4. The van der Waals surface area contributed by atoms with E-state index in [9.17, 15) is 13.2 Å². The second-order valence-corrected chi connectivity index (χ2v) is 5.25. The molecule has 1 aliphatic heterocycles. The fourth-order valence-corrected chi connectivity index (χ4v) is 2.95. The third-order valence-electron chi connectivity index (χ3n) is 2.46. The number of benzene rings is 1. The van der Waals surface area contributed by atoms with Crippen LogP contribution >= 0.6 is 0 Å². The van der Waals surface area contributed by atoms with E-state index in [1.54, 1.807) is 12.1 Å². The molecular weight excluding hydrogens is 230 g/mol. The number of carbonyl (C=O) groups excluding carboxylic acids is 1. The summed E-state index contributed by atoms with van der Waals surface area (Å²) in [5.41, 5.74) is -0.167. The van der Waals surface area contributed by atoms with Crippen LogP contribution in [-0.2, 0) is 10.0 Å². The van der Waals surface area contributed by atoms with Crippen LogP contribution in [0.1, 0.15) is 10.4 Å². The summed E-state index contributed by atoms with van der Waals surface area (Å²) in [4.78, 5) is 11.8. The number of allylic oxidation sites excluding steroid dienone is 1. The Morgan fingerprint density at radius 3 is 2.56 bits per heavy atom. The standard InChI is InChI=1S/C10H9NO4S/c1-11-8(6-12)10(13)7-4-2-3-5-9(7)16(11,14)15/h2-6,12H,1H3/b8-6+. The molecule has 16 heavy (non-hydrogen) atoms. The average molecular weight is 239 g/mol. The lowest BCUT2D eigenvalue weighted by Gasteiger charge is -2.26. The van der Waals surface area contributed by atoms with Crippen LogP contribution in [0.15, 0.2) is 41.1 Å². The first-order chi connectivity index (χ1) is 7.50. The molecule has 0 fully saturated rings. The molecule has 0 bridgehead atoms. The van der Waals surface area contributed by atoms with Gasteiger partial charge in [-0.15, -0.1) is 0 Å². The molecule has 5 nitrogen and oxygen atoms in total. The molecule has 0 aliphatic carbocycles. The Balaban J connectivity index is 2.83. The normalized spacial score (nSPS) is 20.9. The number of likely N-dealkylation sites (N-methyl/N-ethyl adjacent to an activating group) is 1. The van der Waals surface area contributed by atoms with E-state index in [1.807, 2.05) is 0 Å². The van der Waals surface area contributed by atoms with Gasteiger partial charge in [0.1, 0.15) is 12.0 Å². The summed E-state index contributed by atoms with van der Waals surface area (Å²) >= 11 is 0. The van der Waals surface area contributed by atoms with Crippen LogP contribution in [-0.4, -0.2) is 30.7 Å². The van der Waals surface area contributed by atoms with Gasteiger partial charge in [0.2, 0.25) is 5.78 Å². The van der Waals surface area contributed by atoms with Gasteiger partial charge in [-0.05, 0) is 12.1 Å². The van der Waals surface area contributed by atoms with E-state index in [0.29, 0.717) is 6.26 Å². The second kappa shape index (κ2) is 3.34. The molecule has 0 radical (unpaired) electrons. The van der Waals surface area contributed by atoms with Crippen LogP contribution in [0.4, 0.5) is 0 Å². The summed E-state index contributed by atoms with van der Waals surface area (Å²) in [6.45, 7) is 0. The molecule has 6 heteroatoms. The molecule has 1 aromatic rings. The molecule has 0 saturated carbocycles. The minimum atomic E-state index is -3.73. The molecule has 0 spiro atoms. The number of Topliss-reactive ketones (excluding diaryl/α,β-unsaturated/α-hetero) is 1. The smallest absolute Gasteiger partial charge is 0.265 e. The predicted molar refractivity (Wildman–Crippen MR) is 56.4 cm³/mol. The zero-order valence-corrected chi connectivity index (χ0v) is 9.23. The maximum Gasteiger partial charge on any atom is 0.265 e. The zero-order valence-electron chi connectivity index (χ0n) is 8.41. The number of hydrogen-bond donors (Lipinski definition) is 1. The third kappa shape index (κ3) is 1.23. The van der Waals surface area contributed by atoms with E-state index in [0.717, 1.165) is 4.31 Å². The molecule has 1 heterocycles. The fourth-order valence-electron chi connectivity index (χ4n) is 1.58. The molecular formula is C10H9NO4S. The summed E-state index contributed by atoms with van der Waals surface area (Å²) in [5, 5.41) is 8.90. The average Bonchev–Trinajstić information content (AvgIpc) is 2.28. The van der Waals surface area contributed by atoms with Crippen molar-refractivity contribution in [1.29, 1.82) is 0 Å². The van der Waals surface area contributed by atoms with Crippen LogP contribution in [0.5, 0.6) is 0 Å². The second-order valence-electron chi connectivity index (χ2n) is 3.31. The van der Waals surface area contributed by atoms with E-state index in [2.05, 4.69) is 0 Å². The van der Waals surface area contributed by atoms with Crippen molar-refractivity contribution in [1.82, 2.24) is 4.31 Å². The van der Waals surface area contributed by atoms with Gasteiger partial charge in [0, 0.05) is 12.6 Å². The summed E-state index contributed by atoms with van der Waals surface area (Å²) in [6.07, 6.45) is 0.510. The highest BCUT2D eigenvalue weighted by atomic mass is 32.2. The number of fused-ring (bicyclic) bond motifs is 1. The Morgan fingerprint density at radius 1 is 1.31 bits per heavy atom. The monoisotopic (exact) mass is 239 g/mol. The zero-order chi connectivity index (χ0) is 11.9. The third-order valence-corrected chi connectivity index (χ3v) is 4.29. The van der Waals surface area contributed by atoms with E-state index in [4.69, 9.17) is 5.11 Å². The highest BCUT2D eigenvalue weighted by Gasteiger charge is 2.36. The van der Waals surface area contributed by atoms with Gasteiger partial charge in [-0.25, -0.2) is 8.42 Å². The number of rotatable bonds is 0. The van der Waals surface area contributed by atoms with E-state index >= 15 is 0 Å². The lowest BCUT2D eigenvalue weighted by Crippen LogP contribution is -2.36. The lowest BCUT2D eigenvalue weighted by molar-refractivity contribution is 0.100. The molecule has 0 unspecified atom stereocenters. The SMILES string of the molecule is CN1/C(=C/O)C(=O)c2ccccc2S1(=O)=O. The molecule has 0 atom stereocenters. The van der Waals surface area contributed by atoms with Crippen molar-refractivity contribution in [3.05, 3.63) is 41.8 Å². The predicted octanol–water partition coefficient (Wildman–Crippen LogP) is 0.903. The van der Waals surface area contributed by atoms with Crippen molar-refractivity contribution >= 4 is 15.8 Å². The number of carbonyl (C=O) groups is 1. The van der Waals surface area contributed by atoms with Crippen LogP contribution in [0.2, 0.25) is 0 Å². The van der Waals surface area contributed by atoms with Gasteiger partial charge in [-0.1, -0.05) is 12.1 Å². The maximum atomic E-state index is 11.9. The maximum absolute atomic E-state index is 11.9. The molecule has 0 aromatic heterocycles. The summed E-state index contributed by atoms with van der Waals surface area (Å²) in [7, 11) is -2.50. The summed E-state index contributed by atoms with van der Waals surface area (Å²) in [5.74, 6) is -0.504. The molecule has 84 valence electrons. The number of sulfonamides is 1. The van der Waals surface area contributed by atoms with Gasteiger partial charge < -0.3 is 5.11 Å². The van der Waals surface area contributed by atoms with Gasteiger partial charge >= 0.3 is 0 Å². The molecule has 0 amide bonds. The number of ketones is 1. The first-order valence-electron chi connectivity index (χ1n) is 4.47. The number of aliphatic hydroxyl groups excluding tert-OH is 1. The molecule has 1 N–H and O–H groups in total. The first kappa shape index (κ1) is 10.7. The van der Waals surface area contributed by atoms with Crippen LogP contribution in [0, 0.1) is 0 Å². The fraction of sp³-hybridized carbons (Fsp3) is 0.100. The van der Waals surface area contributed by atoms with Crippen molar-refractivity contribution < 1.29 is 18.3 Å². The van der Waals surface area contributed by atoms with Gasteiger partial charge in [0.25, 0.3) is 10.0 Å². The minimum Gasteiger partial charge on any atom is -0.513 e. The van der Waals surface area contributed by atoms with Crippen LogP contribution in [0.25, 0.3) is 0 Å². The number of nitrogens with zero attached hydrogens (tertiary/aromatic N) is 1. The van der Waals surface area contributed by atoms with Crippen molar-refractivity contribution in [2.24, 2.45) is 0 Å². The van der Waals surface area contributed by atoms with E-state index < -0.39 is 15.8 Å². The Labute approximate surface area is 92.7 Å². The Morgan fingerprint density at radius 2 is 1.94 bits per heavy atom. The van der Waals surface area contributed by atoms with Crippen molar-refractivity contribution in [2.45, 2.75) is 4.90 Å². The lowest BCUT2D eigenvalue weighted by atomic mass is 10.1. The Hall–Kier alpha value is -1.82. The minimum absolute atomic E-state index is 0.0342. The molecule has 1 aromatic carbocycles. The Bertz CT molecular complexity index is 589. The largest absolute Gasteiger partial charge is 0.513 e. The van der Waals surface area contributed by atoms with Crippen molar-refractivity contribution in [3.8, 4) is 0 Å². The van der Waals surface area contributed by atoms with Crippen molar-refractivity contribution in [2.75, 3.05) is 7.05 Å². The van der Waals surface area contributed by atoms with Crippen LogP contribution < -0.4 is 0 Å². The highest BCUT2D eigenvalue weighted by molar-refractivity contribution is 7.89. The van der Waals surface area contributed by atoms with Gasteiger partial charge in [0.15, 0.2) is 0 Å². The topological polar surface area (TPSA) is 74.7 Å². The van der Waals surface area contributed by atoms with E-state index in [-0.39, 0.29) is 16.2 Å². The van der Waals surface area contributed by atoms with Gasteiger partial charge in [0.05, 0.1) is 4.90 Å². The quantitative estimate of drug-likeness (QED) is 0.539. The summed E-state index contributed by atoms with van der Waals surface area (Å²) < 4.78 is 24.7. The van der Waals surface area contributed by atoms with Crippen LogP contribution in [0.3, 0.4) is 0 Å². The van der Waals surface area contributed by atoms with Gasteiger partial charge in [-0.2, -0.15) is 0 Å². The van der Waals surface area contributed by atoms with Crippen molar-refractivity contribution in [3.63, 3.8) is 0 Å². The van der Waals surface area contributed by atoms with E-state index in [1.165, 1.54) is 19.2 Å². The molecule has 1 aliphatic rings. The highest BCUT2D eigenvalue weighted by Crippen LogP contribution is 2.30. The summed E-state index contributed by atoms with van der Waals surface area (Å²) in [6, 6.07) is 5.91. The first-order valence-corrected chi connectivity index (χ1v) is 5.91. The molecule has 2 rings (SSSR count). The number of aliphatic hydroxyl groups is 1. The molecule has 0 saturated heterocycles. The Kier molecular flexibility index (Phi) is 2.23.